The molecule has 0 aliphatic carbocycles. The minimum atomic E-state index is -0.781. The highest BCUT2D eigenvalue weighted by Gasteiger charge is 2.31. The maximum Gasteiger partial charge on any atom is 0.273 e. The van der Waals surface area contributed by atoms with E-state index in [1.165, 1.54) is 6.07 Å². The summed E-state index contributed by atoms with van der Waals surface area (Å²) in [5.41, 5.74) is 3.09. The largest absolute Gasteiger partial charge is 0.352 e. The van der Waals surface area contributed by atoms with Crippen molar-refractivity contribution in [3.05, 3.63) is 111 Å². The Bertz CT molecular complexity index is 1160. The first kappa shape index (κ1) is 25.6. The van der Waals surface area contributed by atoms with E-state index < -0.39 is 11.0 Å². The molecule has 3 aromatic carbocycles. The van der Waals surface area contributed by atoms with E-state index in [0.717, 1.165) is 16.7 Å². The summed E-state index contributed by atoms with van der Waals surface area (Å²) in [7, 11) is 0. The van der Waals surface area contributed by atoms with Crippen molar-refractivity contribution in [2.45, 2.75) is 52.2 Å². The molecular weight excluding hydrogens is 442 g/mol. The normalized spacial score (nSPS) is 11.7. The van der Waals surface area contributed by atoms with Crippen LogP contribution in [0.25, 0.3) is 0 Å². The number of nitro groups is 1. The van der Waals surface area contributed by atoms with Crippen molar-refractivity contribution in [3.8, 4) is 0 Å². The highest BCUT2D eigenvalue weighted by Crippen LogP contribution is 2.22. The van der Waals surface area contributed by atoms with Crippen LogP contribution in [0.1, 0.15) is 36.1 Å². The number of benzene rings is 3. The van der Waals surface area contributed by atoms with E-state index in [-0.39, 0.29) is 36.5 Å². The summed E-state index contributed by atoms with van der Waals surface area (Å²) >= 11 is 0. The zero-order valence-electron chi connectivity index (χ0n) is 20.3. The van der Waals surface area contributed by atoms with E-state index in [9.17, 15) is 19.7 Å². The molecular formula is C28H31N3O4. The Balaban J connectivity index is 2.00. The fourth-order valence-electron chi connectivity index (χ4n) is 3.93. The van der Waals surface area contributed by atoms with Gasteiger partial charge in [-0.05, 0) is 31.9 Å². The smallest absolute Gasteiger partial charge is 0.273 e. The quantitative estimate of drug-likeness (QED) is 0.344. The summed E-state index contributed by atoms with van der Waals surface area (Å²) in [5, 5.41) is 14.5. The number of carbonyl (C=O) groups is 2. The van der Waals surface area contributed by atoms with Crippen LogP contribution in [0.15, 0.2) is 78.9 Å². The summed E-state index contributed by atoms with van der Waals surface area (Å²) in [6, 6.07) is 22.6. The van der Waals surface area contributed by atoms with Gasteiger partial charge >= 0.3 is 0 Å². The van der Waals surface area contributed by atoms with Crippen LogP contribution in [-0.2, 0) is 29.0 Å². The molecule has 0 aliphatic heterocycles. The molecule has 182 valence electrons. The third-order valence-electron chi connectivity index (χ3n) is 5.71. The highest BCUT2D eigenvalue weighted by atomic mass is 16.6. The highest BCUT2D eigenvalue weighted by molar-refractivity contribution is 5.89. The Hall–Kier alpha value is -4.00. The van der Waals surface area contributed by atoms with E-state index in [4.69, 9.17) is 0 Å². The average Bonchev–Trinajstić information content (AvgIpc) is 2.83. The van der Waals surface area contributed by atoms with Crippen molar-refractivity contribution in [1.82, 2.24) is 10.2 Å². The van der Waals surface area contributed by atoms with E-state index in [1.54, 1.807) is 23.1 Å². The zero-order chi connectivity index (χ0) is 25.4. The lowest BCUT2D eigenvalue weighted by Gasteiger charge is -2.32. The first-order valence-electron chi connectivity index (χ1n) is 11.7. The number of nitro benzene ring substituents is 1. The van der Waals surface area contributed by atoms with Crippen molar-refractivity contribution in [3.63, 3.8) is 0 Å². The molecule has 2 amide bonds. The van der Waals surface area contributed by atoms with Crippen molar-refractivity contribution >= 4 is 17.5 Å². The topological polar surface area (TPSA) is 92.6 Å². The van der Waals surface area contributed by atoms with Gasteiger partial charge in [0.15, 0.2) is 0 Å². The van der Waals surface area contributed by atoms with Gasteiger partial charge in [0.2, 0.25) is 11.8 Å². The summed E-state index contributed by atoms with van der Waals surface area (Å²) < 4.78 is 0. The number of nitrogens with zero attached hydrogens (tertiary/aromatic N) is 2. The van der Waals surface area contributed by atoms with Gasteiger partial charge in [-0.25, -0.2) is 0 Å². The second-order valence-corrected chi connectivity index (χ2v) is 8.94. The Morgan fingerprint density at radius 3 is 2.17 bits per heavy atom. The number of aryl methyl sites for hydroxylation is 1. The van der Waals surface area contributed by atoms with Crippen LogP contribution in [0.4, 0.5) is 5.69 Å². The number of amides is 2. The van der Waals surface area contributed by atoms with E-state index in [2.05, 4.69) is 5.32 Å². The number of para-hydroxylation sites is 1. The Morgan fingerprint density at radius 1 is 0.914 bits per heavy atom. The van der Waals surface area contributed by atoms with Crippen LogP contribution in [0.5, 0.6) is 0 Å². The third kappa shape index (κ3) is 7.24. The summed E-state index contributed by atoms with van der Waals surface area (Å²) in [5.74, 6) is -0.605. The van der Waals surface area contributed by atoms with Crippen LogP contribution < -0.4 is 5.32 Å². The van der Waals surface area contributed by atoms with E-state index in [1.807, 2.05) is 75.4 Å². The van der Waals surface area contributed by atoms with Gasteiger partial charge in [-0.3, -0.25) is 19.7 Å². The fraction of sp³-hybridized carbons (Fsp3) is 0.286. The van der Waals surface area contributed by atoms with Crippen molar-refractivity contribution in [2.75, 3.05) is 0 Å². The molecule has 1 N–H and O–H groups in total. The maximum atomic E-state index is 13.7. The van der Waals surface area contributed by atoms with Crippen molar-refractivity contribution in [2.24, 2.45) is 0 Å². The molecule has 0 radical (unpaired) electrons. The van der Waals surface area contributed by atoms with Crippen LogP contribution in [0.2, 0.25) is 0 Å². The number of nitrogens with one attached hydrogen (secondary N) is 1. The second-order valence-electron chi connectivity index (χ2n) is 8.94. The van der Waals surface area contributed by atoms with Crippen LogP contribution in [-0.4, -0.2) is 33.7 Å². The Morgan fingerprint density at radius 2 is 1.54 bits per heavy atom. The predicted octanol–water partition coefficient (Wildman–Crippen LogP) is 4.61. The number of hydrogen-bond acceptors (Lipinski definition) is 4. The minimum Gasteiger partial charge on any atom is -0.352 e. The standard InChI is InChI=1S/C28H31N3O4/c1-20(2)29-28(33)26(17-22-9-5-4-6-10-22)30(19-23-15-13-21(3)14-16-23)27(32)18-24-11-7-8-12-25(24)31(34)35/h4-16,20,26H,17-19H2,1-3H3,(H,29,33). The fourth-order valence-corrected chi connectivity index (χ4v) is 3.93. The molecule has 0 aromatic heterocycles. The van der Waals surface area contributed by atoms with Crippen molar-refractivity contribution < 1.29 is 14.5 Å². The van der Waals surface area contributed by atoms with Gasteiger partial charge in [0.25, 0.3) is 5.69 Å². The molecule has 1 atom stereocenters. The minimum absolute atomic E-state index is 0.104. The molecule has 1 unspecified atom stereocenters. The maximum absolute atomic E-state index is 13.7. The van der Waals surface area contributed by atoms with Gasteiger partial charge in [0, 0.05) is 30.6 Å². The number of hydrogen-bond donors (Lipinski definition) is 1. The molecule has 0 spiro atoms. The van der Waals surface area contributed by atoms with Crippen LogP contribution in [0.3, 0.4) is 0 Å². The monoisotopic (exact) mass is 473 g/mol. The molecule has 35 heavy (non-hydrogen) atoms. The lowest BCUT2D eigenvalue weighted by Crippen LogP contribution is -2.52. The van der Waals surface area contributed by atoms with E-state index >= 15 is 0 Å². The summed E-state index contributed by atoms with van der Waals surface area (Å²) in [6.45, 7) is 5.94. The van der Waals surface area contributed by atoms with Gasteiger partial charge in [-0.2, -0.15) is 0 Å². The third-order valence-corrected chi connectivity index (χ3v) is 5.71. The van der Waals surface area contributed by atoms with Gasteiger partial charge < -0.3 is 10.2 Å². The molecule has 0 fully saturated rings. The lowest BCUT2D eigenvalue weighted by atomic mass is 10.0. The van der Waals surface area contributed by atoms with Gasteiger partial charge in [-0.15, -0.1) is 0 Å². The van der Waals surface area contributed by atoms with Crippen LogP contribution in [0, 0.1) is 17.0 Å². The molecule has 0 saturated carbocycles. The zero-order valence-corrected chi connectivity index (χ0v) is 20.3. The van der Waals surface area contributed by atoms with Gasteiger partial charge in [0.05, 0.1) is 11.3 Å². The predicted molar refractivity (Wildman–Crippen MR) is 136 cm³/mol. The Labute approximate surface area is 205 Å². The molecule has 0 saturated heterocycles. The van der Waals surface area contributed by atoms with Crippen molar-refractivity contribution in [1.29, 1.82) is 0 Å². The summed E-state index contributed by atoms with van der Waals surface area (Å²) in [6.07, 6.45) is 0.150. The van der Waals surface area contributed by atoms with E-state index in [0.29, 0.717) is 12.0 Å². The lowest BCUT2D eigenvalue weighted by molar-refractivity contribution is -0.385. The SMILES string of the molecule is Cc1ccc(CN(C(=O)Cc2ccccc2[N+](=O)[O-])C(Cc2ccccc2)C(=O)NC(C)C)cc1. The number of rotatable bonds is 10. The molecule has 3 rings (SSSR count). The first-order chi connectivity index (χ1) is 16.7. The molecule has 0 bridgehead atoms. The van der Waals surface area contributed by atoms with Gasteiger partial charge in [-0.1, -0.05) is 78.4 Å². The average molecular weight is 474 g/mol. The molecule has 0 heterocycles. The second kappa shape index (κ2) is 11.9. The van der Waals surface area contributed by atoms with Gasteiger partial charge in [0.1, 0.15) is 6.04 Å². The van der Waals surface area contributed by atoms with Crippen LogP contribution >= 0.6 is 0 Å². The molecule has 7 heteroatoms. The number of carbonyl (C=O) groups excluding carboxylic acids is 2. The Kier molecular flexibility index (Phi) is 8.73. The molecule has 7 nitrogen and oxygen atoms in total. The molecule has 0 aliphatic rings. The first-order valence-corrected chi connectivity index (χ1v) is 11.7. The molecule has 3 aromatic rings. The summed E-state index contributed by atoms with van der Waals surface area (Å²) in [4.78, 5) is 39.6.